The number of halogens is 3. The molecular weight excluding hydrogens is 263 g/mol. The van der Waals surface area contributed by atoms with E-state index >= 15 is 0 Å². The van der Waals surface area contributed by atoms with Gasteiger partial charge in [0.05, 0.1) is 0 Å². The minimum atomic E-state index is -0.864. The molecule has 106 valence electrons. The topological polar surface area (TPSA) is 12.0 Å². The van der Waals surface area contributed by atoms with Crippen molar-refractivity contribution >= 4 is 0 Å². The maximum absolute atomic E-state index is 13.3. The number of hydrogen-bond acceptors (Lipinski definition) is 1. The Balaban J connectivity index is 2.22. The van der Waals surface area contributed by atoms with Gasteiger partial charge in [-0.3, -0.25) is 0 Å². The summed E-state index contributed by atoms with van der Waals surface area (Å²) in [5, 5.41) is 3.23. The van der Waals surface area contributed by atoms with Gasteiger partial charge in [0.25, 0.3) is 0 Å². The smallest absolute Gasteiger partial charge is 0.159 e. The van der Waals surface area contributed by atoms with Gasteiger partial charge in [-0.2, -0.15) is 0 Å². The minimum absolute atomic E-state index is 0.138. The molecule has 0 radical (unpaired) electrons. The highest BCUT2D eigenvalue weighted by atomic mass is 19.2. The Morgan fingerprint density at radius 2 is 1.80 bits per heavy atom. The van der Waals surface area contributed by atoms with Gasteiger partial charge < -0.3 is 5.32 Å². The number of benzene rings is 2. The molecule has 0 amide bonds. The Labute approximate surface area is 116 Å². The highest BCUT2D eigenvalue weighted by Gasteiger charge is 2.13. The average Bonchev–Trinajstić information content (AvgIpc) is 2.42. The third-order valence-corrected chi connectivity index (χ3v) is 3.13. The normalized spacial score (nSPS) is 12.4. The molecule has 0 saturated heterocycles. The van der Waals surface area contributed by atoms with E-state index in [4.69, 9.17) is 0 Å². The van der Waals surface area contributed by atoms with Crippen LogP contribution >= 0.6 is 0 Å². The van der Waals surface area contributed by atoms with E-state index in [0.717, 1.165) is 11.6 Å². The van der Waals surface area contributed by atoms with Gasteiger partial charge in [-0.05, 0) is 48.4 Å². The molecule has 2 aromatic carbocycles. The van der Waals surface area contributed by atoms with Crippen molar-refractivity contribution in [1.82, 2.24) is 5.32 Å². The Morgan fingerprint density at radius 3 is 2.45 bits per heavy atom. The van der Waals surface area contributed by atoms with Crippen LogP contribution in [0.4, 0.5) is 13.2 Å². The van der Waals surface area contributed by atoms with Gasteiger partial charge in [-0.15, -0.1) is 0 Å². The molecule has 1 nitrogen and oxygen atoms in total. The molecule has 0 spiro atoms. The van der Waals surface area contributed by atoms with E-state index in [0.29, 0.717) is 18.5 Å². The van der Waals surface area contributed by atoms with E-state index in [1.807, 2.05) is 13.0 Å². The van der Waals surface area contributed by atoms with Crippen LogP contribution in [0.3, 0.4) is 0 Å². The molecule has 0 aliphatic carbocycles. The third kappa shape index (κ3) is 3.61. The zero-order chi connectivity index (χ0) is 14.5. The SMILES string of the molecule is CCNC(Cc1ccc(F)c(F)c1)c1cccc(F)c1. The highest BCUT2D eigenvalue weighted by Crippen LogP contribution is 2.20. The first kappa shape index (κ1) is 14.6. The fourth-order valence-corrected chi connectivity index (χ4v) is 2.18. The fraction of sp³-hybridized carbons (Fsp3) is 0.250. The molecule has 0 heterocycles. The number of likely N-dealkylation sites (N-methyl/N-ethyl adjacent to an activating group) is 1. The van der Waals surface area contributed by atoms with Crippen LogP contribution in [0.25, 0.3) is 0 Å². The highest BCUT2D eigenvalue weighted by molar-refractivity contribution is 5.25. The lowest BCUT2D eigenvalue weighted by Crippen LogP contribution is -2.23. The molecule has 1 atom stereocenters. The predicted octanol–water partition coefficient (Wildman–Crippen LogP) is 4.00. The molecule has 2 rings (SSSR count). The van der Waals surface area contributed by atoms with Crippen molar-refractivity contribution < 1.29 is 13.2 Å². The molecular formula is C16H16F3N. The van der Waals surface area contributed by atoms with Gasteiger partial charge in [0.15, 0.2) is 11.6 Å². The van der Waals surface area contributed by atoms with E-state index < -0.39 is 11.6 Å². The van der Waals surface area contributed by atoms with Crippen LogP contribution in [-0.2, 0) is 6.42 Å². The second-order valence-corrected chi connectivity index (χ2v) is 4.62. The fourth-order valence-electron chi connectivity index (χ4n) is 2.18. The first-order valence-corrected chi connectivity index (χ1v) is 6.53. The lowest BCUT2D eigenvalue weighted by Gasteiger charge is -2.18. The summed E-state index contributed by atoms with van der Waals surface area (Å²) in [6.45, 7) is 2.64. The third-order valence-electron chi connectivity index (χ3n) is 3.13. The monoisotopic (exact) mass is 279 g/mol. The Hall–Kier alpha value is -1.81. The standard InChI is InChI=1S/C16H16F3N/c1-2-20-16(12-4-3-5-13(17)10-12)9-11-6-7-14(18)15(19)8-11/h3-8,10,16,20H,2,9H2,1H3. The van der Waals surface area contributed by atoms with Gasteiger partial charge in [0.1, 0.15) is 5.82 Å². The van der Waals surface area contributed by atoms with Crippen molar-refractivity contribution in [2.75, 3.05) is 6.54 Å². The van der Waals surface area contributed by atoms with E-state index in [1.54, 1.807) is 12.1 Å². The first-order chi connectivity index (χ1) is 9.60. The summed E-state index contributed by atoms with van der Waals surface area (Å²) in [6, 6.07) is 9.98. The Kier molecular flexibility index (Phi) is 4.79. The zero-order valence-electron chi connectivity index (χ0n) is 11.2. The molecule has 0 aromatic heterocycles. The molecule has 0 fully saturated rings. The van der Waals surface area contributed by atoms with Crippen LogP contribution < -0.4 is 5.32 Å². The van der Waals surface area contributed by atoms with Crippen molar-refractivity contribution in [2.24, 2.45) is 0 Å². The van der Waals surface area contributed by atoms with Gasteiger partial charge in [0.2, 0.25) is 0 Å². The average molecular weight is 279 g/mol. The minimum Gasteiger partial charge on any atom is -0.310 e. The molecule has 0 aliphatic rings. The van der Waals surface area contributed by atoms with Gasteiger partial charge in [-0.25, -0.2) is 13.2 Å². The molecule has 20 heavy (non-hydrogen) atoms. The van der Waals surface area contributed by atoms with E-state index in [9.17, 15) is 13.2 Å². The molecule has 1 unspecified atom stereocenters. The van der Waals surface area contributed by atoms with Crippen LogP contribution in [0, 0.1) is 17.5 Å². The molecule has 0 saturated carbocycles. The zero-order valence-corrected chi connectivity index (χ0v) is 11.2. The summed E-state index contributed by atoms with van der Waals surface area (Å²) in [7, 11) is 0. The lowest BCUT2D eigenvalue weighted by molar-refractivity contribution is 0.502. The molecule has 0 bridgehead atoms. The largest absolute Gasteiger partial charge is 0.310 e. The molecule has 4 heteroatoms. The van der Waals surface area contributed by atoms with E-state index in [2.05, 4.69) is 5.32 Å². The van der Waals surface area contributed by atoms with Crippen molar-refractivity contribution in [3.05, 3.63) is 71.0 Å². The van der Waals surface area contributed by atoms with Gasteiger partial charge in [-0.1, -0.05) is 25.1 Å². The summed E-state index contributed by atoms with van der Waals surface area (Å²) >= 11 is 0. The van der Waals surface area contributed by atoms with E-state index in [1.165, 1.54) is 18.2 Å². The van der Waals surface area contributed by atoms with Crippen LogP contribution in [0.15, 0.2) is 42.5 Å². The Morgan fingerprint density at radius 1 is 1.00 bits per heavy atom. The lowest BCUT2D eigenvalue weighted by atomic mass is 9.98. The second-order valence-electron chi connectivity index (χ2n) is 4.62. The van der Waals surface area contributed by atoms with Crippen LogP contribution in [0.2, 0.25) is 0 Å². The molecule has 0 aliphatic heterocycles. The van der Waals surface area contributed by atoms with Crippen molar-refractivity contribution in [2.45, 2.75) is 19.4 Å². The maximum Gasteiger partial charge on any atom is 0.159 e. The summed E-state index contributed by atoms with van der Waals surface area (Å²) in [5.74, 6) is -2.04. The maximum atomic E-state index is 13.3. The first-order valence-electron chi connectivity index (χ1n) is 6.53. The molecule has 1 N–H and O–H groups in total. The second kappa shape index (κ2) is 6.57. The van der Waals surface area contributed by atoms with Crippen molar-refractivity contribution in [3.8, 4) is 0 Å². The number of nitrogens with one attached hydrogen (secondary N) is 1. The van der Waals surface area contributed by atoms with Crippen LogP contribution in [-0.4, -0.2) is 6.54 Å². The number of rotatable bonds is 5. The van der Waals surface area contributed by atoms with Gasteiger partial charge >= 0.3 is 0 Å². The molecule has 2 aromatic rings. The van der Waals surface area contributed by atoms with Crippen molar-refractivity contribution in [1.29, 1.82) is 0 Å². The number of hydrogen-bond donors (Lipinski definition) is 1. The Bertz CT molecular complexity index is 584. The summed E-state index contributed by atoms with van der Waals surface area (Å²) in [4.78, 5) is 0. The van der Waals surface area contributed by atoms with Crippen LogP contribution in [0.5, 0.6) is 0 Å². The van der Waals surface area contributed by atoms with Gasteiger partial charge in [0, 0.05) is 6.04 Å². The predicted molar refractivity (Wildman–Crippen MR) is 72.9 cm³/mol. The summed E-state index contributed by atoms with van der Waals surface area (Å²) in [5.41, 5.74) is 1.45. The summed E-state index contributed by atoms with van der Waals surface area (Å²) in [6.07, 6.45) is 0.467. The quantitative estimate of drug-likeness (QED) is 0.872. The van der Waals surface area contributed by atoms with Crippen molar-refractivity contribution in [3.63, 3.8) is 0 Å². The van der Waals surface area contributed by atoms with E-state index in [-0.39, 0.29) is 11.9 Å². The van der Waals surface area contributed by atoms with Crippen LogP contribution in [0.1, 0.15) is 24.1 Å². The summed E-state index contributed by atoms with van der Waals surface area (Å²) < 4.78 is 39.4.